The van der Waals surface area contributed by atoms with Crippen molar-refractivity contribution in [2.45, 2.75) is 13.3 Å². The highest BCUT2D eigenvalue weighted by molar-refractivity contribution is 6.43. The van der Waals surface area contributed by atoms with Crippen molar-refractivity contribution in [3.8, 4) is 5.75 Å². The summed E-state index contributed by atoms with van der Waals surface area (Å²) in [4.78, 5) is 11.9. The van der Waals surface area contributed by atoms with Crippen molar-refractivity contribution in [3.05, 3.63) is 58.1 Å². The second kappa shape index (κ2) is 8.65. The maximum Gasteiger partial charge on any atom is 0.319 e. The fourth-order valence-electron chi connectivity index (χ4n) is 2.08. The largest absolute Gasteiger partial charge is 0.494 e. The minimum atomic E-state index is -0.331. The van der Waals surface area contributed by atoms with Gasteiger partial charge in [0.15, 0.2) is 0 Å². The number of hydrogen-bond acceptors (Lipinski definition) is 2. The van der Waals surface area contributed by atoms with Gasteiger partial charge in [0.1, 0.15) is 5.75 Å². The van der Waals surface area contributed by atoms with Gasteiger partial charge >= 0.3 is 6.03 Å². The Hall–Kier alpha value is -1.91. The third-order valence-corrected chi connectivity index (χ3v) is 3.97. The molecule has 2 amide bonds. The summed E-state index contributed by atoms with van der Waals surface area (Å²) in [5.41, 5.74) is 1.53. The first kappa shape index (κ1) is 17.4. The third kappa shape index (κ3) is 5.05. The molecule has 2 aromatic carbocycles. The number of rotatable bonds is 6. The fourth-order valence-corrected chi connectivity index (χ4v) is 2.43. The first-order valence-corrected chi connectivity index (χ1v) is 8.07. The van der Waals surface area contributed by atoms with Crippen molar-refractivity contribution < 1.29 is 9.53 Å². The molecule has 0 radical (unpaired) electrons. The number of ether oxygens (including phenoxy) is 1. The van der Waals surface area contributed by atoms with Crippen LogP contribution in [0.1, 0.15) is 12.5 Å². The van der Waals surface area contributed by atoms with Crippen LogP contribution in [0.25, 0.3) is 0 Å². The topological polar surface area (TPSA) is 50.4 Å². The molecule has 4 nitrogen and oxygen atoms in total. The van der Waals surface area contributed by atoms with Crippen LogP contribution in [0.3, 0.4) is 0 Å². The van der Waals surface area contributed by atoms with Crippen LogP contribution in [0.4, 0.5) is 10.5 Å². The van der Waals surface area contributed by atoms with Crippen molar-refractivity contribution in [2.24, 2.45) is 0 Å². The highest BCUT2D eigenvalue weighted by Gasteiger charge is 2.08. The summed E-state index contributed by atoms with van der Waals surface area (Å²) in [5.74, 6) is 0.843. The van der Waals surface area contributed by atoms with Gasteiger partial charge in [0.05, 0.1) is 22.3 Å². The van der Waals surface area contributed by atoms with E-state index < -0.39 is 0 Å². The lowest BCUT2D eigenvalue weighted by Crippen LogP contribution is -2.30. The Kier molecular flexibility index (Phi) is 6.56. The molecule has 0 aromatic heterocycles. The van der Waals surface area contributed by atoms with Gasteiger partial charge in [-0.3, -0.25) is 0 Å². The summed E-state index contributed by atoms with van der Waals surface area (Å²) in [5, 5.41) is 6.19. The number of carbonyl (C=O) groups excluding carboxylic acids is 1. The van der Waals surface area contributed by atoms with Crippen LogP contribution < -0.4 is 15.4 Å². The van der Waals surface area contributed by atoms with Crippen molar-refractivity contribution in [1.29, 1.82) is 0 Å². The number of urea groups is 1. The zero-order valence-electron chi connectivity index (χ0n) is 12.7. The minimum Gasteiger partial charge on any atom is -0.494 e. The van der Waals surface area contributed by atoms with Crippen LogP contribution in [0.2, 0.25) is 10.0 Å². The second-order valence-corrected chi connectivity index (χ2v) is 5.56. The molecule has 2 rings (SSSR count). The number of halogens is 2. The van der Waals surface area contributed by atoms with E-state index in [0.717, 1.165) is 11.3 Å². The maximum atomic E-state index is 11.9. The Balaban J connectivity index is 1.87. The molecular formula is C17H18Cl2N2O2. The highest BCUT2D eigenvalue weighted by Crippen LogP contribution is 2.29. The van der Waals surface area contributed by atoms with Gasteiger partial charge in [-0.2, -0.15) is 0 Å². The zero-order valence-corrected chi connectivity index (χ0v) is 14.2. The van der Waals surface area contributed by atoms with Crippen molar-refractivity contribution >= 4 is 34.9 Å². The summed E-state index contributed by atoms with van der Waals surface area (Å²) >= 11 is 11.9. The van der Waals surface area contributed by atoms with Crippen LogP contribution in [0.5, 0.6) is 5.75 Å². The molecule has 2 N–H and O–H groups in total. The molecule has 0 fully saturated rings. The van der Waals surface area contributed by atoms with E-state index in [1.54, 1.807) is 18.2 Å². The van der Waals surface area contributed by atoms with E-state index in [-0.39, 0.29) is 6.03 Å². The van der Waals surface area contributed by atoms with Crippen LogP contribution in [0.15, 0.2) is 42.5 Å². The molecule has 0 bridgehead atoms. The lowest BCUT2D eigenvalue weighted by molar-refractivity contribution is 0.252. The molecule has 0 saturated carbocycles. The number of benzene rings is 2. The molecule has 0 saturated heterocycles. The average molecular weight is 353 g/mol. The van der Waals surface area contributed by atoms with E-state index >= 15 is 0 Å². The zero-order chi connectivity index (χ0) is 16.7. The number of hydrogen-bond donors (Lipinski definition) is 2. The normalized spacial score (nSPS) is 10.2. The smallest absolute Gasteiger partial charge is 0.319 e. The van der Waals surface area contributed by atoms with Gasteiger partial charge in [-0.1, -0.05) is 47.5 Å². The molecule has 0 unspecified atom stereocenters. The second-order valence-electron chi connectivity index (χ2n) is 4.77. The summed E-state index contributed by atoms with van der Waals surface area (Å²) in [6.07, 6.45) is 0.673. The molecule has 0 spiro atoms. The van der Waals surface area contributed by atoms with Crippen LogP contribution in [0, 0.1) is 0 Å². The first-order valence-electron chi connectivity index (χ1n) is 7.31. The standard InChI is InChI=1S/C17H18Cl2N2O2/c1-2-23-15-9-4-3-6-12(15)10-11-20-17(22)21-14-8-5-7-13(18)16(14)19/h3-9H,2,10-11H2,1H3,(H2,20,21,22). The number of anilines is 1. The van der Waals surface area contributed by atoms with Gasteiger partial charge in [0.2, 0.25) is 0 Å². The van der Waals surface area contributed by atoms with Crippen LogP contribution >= 0.6 is 23.2 Å². The molecule has 122 valence electrons. The predicted molar refractivity (Wildman–Crippen MR) is 94.8 cm³/mol. The number of nitrogens with one attached hydrogen (secondary N) is 2. The van der Waals surface area contributed by atoms with Crippen LogP contribution in [-0.4, -0.2) is 19.2 Å². The lowest BCUT2D eigenvalue weighted by atomic mass is 10.1. The summed E-state index contributed by atoms with van der Waals surface area (Å²) < 4.78 is 5.56. The number of para-hydroxylation sites is 1. The van der Waals surface area contributed by atoms with Gasteiger partial charge in [-0.25, -0.2) is 4.79 Å². The van der Waals surface area contributed by atoms with E-state index in [1.165, 1.54) is 0 Å². The molecule has 0 aliphatic heterocycles. The quantitative estimate of drug-likeness (QED) is 0.787. The monoisotopic (exact) mass is 352 g/mol. The number of carbonyl (C=O) groups is 1. The Bertz CT molecular complexity index is 677. The van der Waals surface area contributed by atoms with Gasteiger partial charge < -0.3 is 15.4 Å². The third-order valence-electron chi connectivity index (χ3n) is 3.15. The van der Waals surface area contributed by atoms with Gasteiger partial charge in [-0.15, -0.1) is 0 Å². The minimum absolute atomic E-state index is 0.325. The van der Waals surface area contributed by atoms with Crippen LogP contribution in [-0.2, 0) is 6.42 Å². The van der Waals surface area contributed by atoms with E-state index in [0.29, 0.717) is 35.3 Å². The Labute approximate surface area is 145 Å². The van der Waals surface area contributed by atoms with Crippen molar-refractivity contribution in [3.63, 3.8) is 0 Å². The van der Waals surface area contributed by atoms with Gasteiger partial charge in [0.25, 0.3) is 0 Å². The summed E-state index contributed by atoms with van der Waals surface area (Å²) in [6.45, 7) is 3.03. The Morgan fingerprint density at radius 2 is 1.91 bits per heavy atom. The summed E-state index contributed by atoms with van der Waals surface area (Å²) in [6, 6.07) is 12.5. The Morgan fingerprint density at radius 1 is 1.13 bits per heavy atom. The SMILES string of the molecule is CCOc1ccccc1CCNC(=O)Nc1cccc(Cl)c1Cl. The molecule has 0 aliphatic carbocycles. The average Bonchev–Trinajstić information content (AvgIpc) is 2.54. The maximum absolute atomic E-state index is 11.9. The Morgan fingerprint density at radius 3 is 2.70 bits per heavy atom. The van der Waals surface area contributed by atoms with E-state index in [9.17, 15) is 4.79 Å². The molecule has 0 atom stereocenters. The van der Waals surface area contributed by atoms with Gasteiger partial charge in [0, 0.05) is 6.54 Å². The van der Waals surface area contributed by atoms with E-state index in [4.69, 9.17) is 27.9 Å². The highest BCUT2D eigenvalue weighted by atomic mass is 35.5. The molecule has 2 aromatic rings. The predicted octanol–water partition coefficient (Wildman–Crippen LogP) is 4.76. The lowest BCUT2D eigenvalue weighted by Gasteiger charge is -2.12. The van der Waals surface area contributed by atoms with E-state index in [2.05, 4.69) is 10.6 Å². The summed E-state index contributed by atoms with van der Waals surface area (Å²) in [7, 11) is 0. The van der Waals surface area contributed by atoms with E-state index in [1.807, 2.05) is 31.2 Å². The molecule has 0 heterocycles. The van der Waals surface area contributed by atoms with Crippen molar-refractivity contribution in [2.75, 3.05) is 18.5 Å². The fraction of sp³-hybridized carbons (Fsp3) is 0.235. The molecule has 6 heteroatoms. The molecular weight excluding hydrogens is 335 g/mol. The van der Waals surface area contributed by atoms with Crippen molar-refractivity contribution in [1.82, 2.24) is 5.32 Å². The van der Waals surface area contributed by atoms with Gasteiger partial charge in [-0.05, 0) is 37.1 Å². The molecule has 23 heavy (non-hydrogen) atoms. The number of amides is 2. The first-order chi connectivity index (χ1) is 11.1. The molecule has 0 aliphatic rings.